The molecular weight excluding hydrogens is 384 g/mol. The summed E-state index contributed by atoms with van der Waals surface area (Å²) in [5, 5.41) is 5.99. The van der Waals surface area contributed by atoms with Crippen LogP contribution in [0.1, 0.15) is 18.2 Å². The average Bonchev–Trinajstić information content (AvgIpc) is 3.11. The number of benzene rings is 2. The van der Waals surface area contributed by atoms with Gasteiger partial charge in [0.15, 0.2) is 5.65 Å². The number of ether oxygens (including phenoxy) is 1. The van der Waals surface area contributed by atoms with E-state index in [0.717, 1.165) is 46.0 Å². The van der Waals surface area contributed by atoms with Crippen molar-refractivity contribution >= 4 is 11.0 Å². The Morgan fingerprint density at radius 1 is 0.935 bits per heavy atom. The summed E-state index contributed by atoms with van der Waals surface area (Å²) in [4.78, 5) is 6.97. The molecule has 0 radical (unpaired) electrons. The third-order valence-corrected chi connectivity index (χ3v) is 5.29. The summed E-state index contributed by atoms with van der Waals surface area (Å²) in [6.45, 7) is 8.00. The number of rotatable bonds is 7. The maximum absolute atomic E-state index is 5.98. The van der Waals surface area contributed by atoms with Gasteiger partial charge in [-0.1, -0.05) is 24.6 Å². The number of aromatic nitrogens is 3. The van der Waals surface area contributed by atoms with Crippen LogP contribution in [0.4, 0.5) is 0 Å². The third kappa shape index (κ3) is 4.78. The van der Waals surface area contributed by atoms with E-state index in [9.17, 15) is 0 Å². The standard InChI is InChI=1S/C26H30N4O/c1-18-6-11-22(12-7-18)30-26-24(15-8-20(3)27-26)25(28-30)21-9-13-23(14-10-21)31-17-19(2)16-29(4)5/h6-15,19H,16-17H2,1-5H3. The first-order valence-electron chi connectivity index (χ1n) is 10.7. The first-order valence-corrected chi connectivity index (χ1v) is 10.7. The topological polar surface area (TPSA) is 43.2 Å². The smallest absolute Gasteiger partial charge is 0.163 e. The van der Waals surface area contributed by atoms with Crippen LogP contribution < -0.4 is 4.74 Å². The Labute approximate surface area is 184 Å². The maximum Gasteiger partial charge on any atom is 0.163 e. The highest BCUT2D eigenvalue weighted by Gasteiger charge is 2.15. The van der Waals surface area contributed by atoms with Gasteiger partial charge in [0.2, 0.25) is 0 Å². The molecule has 0 spiro atoms. The second-order valence-electron chi connectivity index (χ2n) is 8.62. The Morgan fingerprint density at radius 2 is 1.65 bits per heavy atom. The van der Waals surface area contributed by atoms with E-state index in [-0.39, 0.29) is 0 Å². The van der Waals surface area contributed by atoms with E-state index >= 15 is 0 Å². The molecule has 1 unspecified atom stereocenters. The molecule has 4 rings (SSSR count). The molecule has 0 aliphatic carbocycles. The molecule has 0 aliphatic heterocycles. The van der Waals surface area contributed by atoms with Crippen LogP contribution in [0.15, 0.2) is 60.7 Å². The average molecular weight is 415 g/mol. The number of fused-ring (bicyclic) bond motifs is 1. The zero-order valence-corrected chi connectivity index (χ0v) is 19.0. The van der Waals surface area contributed by atoms with Gasteiger partial charge in [-0.2, -0.15) is 5.10 Å². The third-order valence-electron chi connectivity index (χ3n) is 5.29. The van der Waals surface area contributed by atoms with Gasteiger partial charge in [0.05, 0.1) is 12.3 Å². The molecular formula is C26H30N4O. The highest BCUT2D eigenvalue weighted by molar-refractivity contribution is 5.92. The lowest BCUT2D eigenvalue weighted by atomic mass is 10.1. The maximum atomic E-state index is 5.98. The van der Waals surface area contributed by atoms with E-state index in [1.54, 1.807) is 0 Å². The molecule has 160 valence electrons. The largest absolute Gasteiger partial charge is 0.493 e. The van der Waals surface area contributed by atoms with Crippen molar-refractivity contribution in [3.63, 3.8) is 0 Å². The van der Waals surface area contributed by atoms with Crippen LogP contribution in [0.5, 0.6) is 5.75 Å². The molecule has 4 aromatic rings. The van der Waals surface area contributed by atoms with Crippen molar-refractivity contribution in [1.82, 2.24) is 19.7 Å². The SMILES string of the molecule is Cc1ccc(-n2nc(-c3ccc(OCC(C)CN(C)C)cc3)c3ccc(C)nc32)cc1. The fourth-order valence-electron chi connectivity index (χ4n) is 3.79. The van der Waals surface area contributed by atoms with Gasteiger partial charge in [-0.25, -0.2) is 9.67 Å². The number of hydrogen-bond donors (Lipinski definition) is 0. The van der Waals surface area contributed by atoms with Crippen LogP contribution in [-0.2, 0) is 0 Å². The highest BCUT2D eigenvalue weighted by Crippen LogP contribution is 2.30. The van der Waals surface area contributed by atoms with Gasteiger partial charge in [0, 0.05) is 29.1 Å². The van der Waals surface area contributed by atoms with E-state index in [0.29, 0.717) is 12.5 Å². The lowest BCUT2D eigenvalue weighted by molar-refractivity contribution is 0.222. The van der Waals surface area contributed by atoms with Crippen molar-refractivity contribution in [3.05, 3.63) is 71.9 Å². The zero-order valence-electron chi connectivity index (χ0n) is 19.0. The van der Waals surface area contributed by atoms with Gasteiger partial charge in [0.1, 0.15) is 11.4 Å². The summed E-state index contributed by atoms with van der Waals surface area (Å²) in [5.74, 6) is 1.35. The molecule has 0 fully saturated rings. The van der Waals surface area contributed by atoms with Crippen molar-refractivity contribution in [2.75, 3.05) is 27.2 Å². The van der Waals surface area contributed by atoms with Crippen molar-refractivity contribution in [3.8, 4) is 22.7 Å². The van der Waals surface area contributed by atoms with E-state index < -0.39 is 0 Å². The van der Waals surface area contributed by atoms with Gasteiger partial charge in [0.25, 0.3) is 0 Å². The quantitative estimate of drug-likeness (QED) is 0.413. The summed E-state index contributed by atoms with van der Waals surface area (Å²) < 4.78 is 7.92. The summed E-state index contributed by atoms with van der Waals surface area (Å²) in [5.41, 5.74) is 6.06. The van der Waals surface area contributed by atoms with E-state index in [1.807, 2.05) is 29.8 Å². The Bertz CT molecular complexity index is 1160. The summed E-state index contributed by atoms with van der Waals surface area (Å²) in [6, 6.07) is 20.7. The second-order valence-corrected chi connectivity index (χ2v) is 8.62. The first-order chi connectivity index (χ1) is 14.9. The van der Waals surface area contributed by atoms with E-state index in [1.165, 1.54) is 5.56 Å². The predicted molar refractivity (Wildman–Crippen MR) is 127 cm³/mol. The highest BCUT2D eigenvalue weighted by atomic mass is 16.5. The van der Waals surface area contributed by atoms with Crippen LogP contribution in [0, 0.1) is 19.8 Å². The Kier molecular flexibility index (Phi) is 6.05. The monoisotopic (exact) mass is 414 g/mol. The van der Waals surface area contributed by atoms with Crippen LogP contribution in [0.25, 0.3) is 28.0 Å². The minimum absolute atomic E-state index is 0.471. The molecule has 0 N–H and O–H groups in total. The van der Waals surface area contributed by atoms with Gasteiger partial charge in [-0.05, 0) is 76.5 Å². The second kappa shape index (κ2) is 8.90. The summed E-state index contributed by atoms with van der Waals surface area (Å²) in [6.07, 6.45) is 0. The number of hydrogen-bond acceptors (Lipinski definition) is 4. The molecule has 0 saturated heterocycles. The van der Waals surface area contributed by atoms with Gasteiger partial charge >= 0.3 is 0 Å². The van der Waals surface area contributed by atoms with Gasteiger partial charge < -0.3 is 9.64 Å². The van der Waals surface area contributed by atoms with E-state index in [2.05, 4.69) is 75.3 Å². The van der Waals surface area contributed by atoms with Gasteiger partial charge in [-0.3, -0.25) is 0 Å². The Balaban J connectivity index is 1.64. The molecule has 5 heteroatoms. The zero-order chi connectivity index (χ0) is 22.0. The summed E-state index contributed by atoms with van der Waals surface area (Å²) >= 11 is 0. The molecule has 0 aliphatic rings. The summed E-state index contributed by atoms with van der Waals surface area (Å²) in [7, 11) is 4.17. The van der Waals surface area contributed by atoms with Crippen molar-refractivity contribution < 1.29 is 4.74 Å². The molecule has 1 atom stereocenters. The minimum atomic E-state index is 0.471. The van der Waals surface area contributed by atoms with Crippen molar-refractivity contribution in [1.29, 1.82) is 0 Å². The number of pyridine rings is 1. The van der Waals surface area contributed by atoms with Crippen molar-refractivity contribution in [2.24, 2.45) is 5.92 Å². The molecule has 2 aromatic carbocycles. The Morgan fingerprint density at radius 3 is 2.32 bits per heavy atom. The van der Waals surface area contributed by atoms with Crippen LogP contribution >= 0.6 is 0 Å². The number of aryl methyl sites for hydroxylation is 2. The first kappa shape index (κ1) is 21.1. The minimum Gasteiger partial charge on any atom is -0.493 e. The molecule has 2 heterocycles. The fraction of sp³-hybridized carbons (Fsp3) is 0.308. The van der Waals surface area contributed by atoms with Gasteiger partial charge in [-0.15, -0.1) is 0 Å². The van der Waals surface area contributed by atoms with E-state index in [4.69, 9.17) is 14.8 Å². The lowest BCUT2D eigenvalue weighted by Crippen LogP contribution is -2.24. The lowest BCUT2D eigenvalue weighted by Gasteiger charge is -2.17. The predicted octanol–water partition coefficient (Wildman–Crippen LogP) is 5.28. The molecule has 5 nitrogen and oxygen atoms in total. The number of nitrogens with zero attached hydrogens (tertiary/aromatic N) is 4. The normalized spacial score (nSPS) is 12.5. The molecule has 0 amide bonds. The van der Waals surface area contributed by atoms with Crippen molar-refractivity contribution in [2.45, 2.75) is 20.8 Å². The van der Waals surface area contributed by atoms with Crippen LogP contribution in [0.2, 0.25) is 0 Å². The Hall–Kier alpha value is -3.18. The van der Waals surface area contributed by atoms with Crippen LogP contribution in [0.3, 0.4) is 0 Å². The molecule has 0 bridgehead atoms. The molecule has 0 saturated carbocycles. The fourth-order valence-corrected chi connectivity index (χ4v) is 3.79. The molecule has 31 heavy (non-hydrogen) atoms. The molecule has 2 aromatic heterocycles. The van der Waals surface area contributed by atoms with Crippen LogP contribution in [-0.4, -0.2) is 46.9 Å².